The zero-order valence-corrected chi connectivity index (χ0v) is 16.1. The van der Waals surface area contributed by atoms with E-state index in [9.17, 15) is 10.4 Å². The van der Waals surface area contributed by atoms with Crippen LogP contribution >= 0.6 is 0 Å². The summed E-state index contributed by atoms with van der Waals surface area (Å²) in [4.78, 5) is 6.08. The molecule has 0 saturated carbocycles. The molecule has 1 unspecified atom stereocenters. The third-order valence-electron chi connectivity index (χ3n) is 5.05. The summed E-state index contributed by atoms with van der Waals surface area (Å²) in [5.74, 6) is 0.990. The highest BCUT2D eigenvalue weighted by atomic mass is 16.5. The zero-order chi connectivity index (χ0) is 20.6. The van der Waals surface area contributed by atoms with Crippen molar-refractivity contribution in [1.29, 1.82) is 5.26 Å². The maximum Gasteiger partial charge on any atom is 0.260 e. The smallest absolute Gasteiger partial charge is 0.260 e. The summed E-state index contributed by atoms with van der Waals surface area (Å²) in [7, 11) is 0. The fourth-order valence-electron chi connectivity index (χ4n) is 3.62. The molecule has 0 aliphatic carbocycles. The van der Waals surface area contributed by atoms with Crippen LogP contribution < -0.4 is 15.4 Å². The Labute approximate surface area is 168 Å². The SMILES string of the molecule is CC1(C)Oc2ccc(C#N)cc2C(N(Cc2nc(N)no2)c2ccccc2)[C@H]1O. The number of fused-ring (bicyclic) bond motifs is 1. The van der Waals surface area contributed by atoms with Crippen LogP contribution in [-0.4, -0.2) is 27.0 Å². The Morgan fingerprint density at radius 2 is 2.00 bits per heavy atom. The van der Waals surface area contributed by atoms with Crippen molar-refractivity contribution < 1.29 is 14.4 Å². The number of rotatable bonds is 4. The zero-order valence-electron chi connectivity index (χ0n) is 16.1. The third-order valence-corrected chi connectivity index (χ3v) is 5.05. The summed E-state index contributed by atoms with van der Waals surface area (Å²) in [6.45, 7) is 3.89. The lowest BCUT2D eigenvalue weighted by Gasteiger charge is -2.46. The van der Waals surface area contributed by atoms with Gasteiger partial charge in [-0.25, -0.2) is 0 Å². The minimum absolute atomic E-state index is 0.0491. The maximum atomic E-state index is 11.3. The largest absolute Gasteiger partial charge is 0.485 e. The maximum absolute atomic E-state index is 11.3. The molecule has 2 heterocycles. The molecular formula is C21H21N5O3. The molecule has 2 aromatic carbocycles. The van der Waals surface area contributed by atoms with Crippen molar-refractivity contribution in [1.82, 2.24) is 10.1 Å². The van der Waals surface area contributed by atoms with Gasteiger partial charge < -0.3 is 25.0 Å². The number of nitrogens with zero attached hydrogens (tertiary/aromatic N) is 4. The Hall–Kier alpha value is -3.57. The molecule has 1 aliphatic rings. The van der Waals surface area contributed by atoms with Gasteiger partial charge in [0, 0.05) is 11.3 Å². The van der Waals surface area contributed by atoms with E-state index in [-0.39, 0.29) is 12.5 Å². The second-order valence-electron chi connectivity index (χ2n) is 7.47. The molecule has 3 N–H and O–H groups in total. The number of hydrogen-bond acceptors (Lipinski definition) is 8. The minimum atomic E-state index is -0.899. The highest BCUT2D eigenvalue weighted by Crippen LogP contribution is 2.45. The molecule has 1 aromatic heterocycles. The fourth-order valence-corrected chi connectivity index (χ4v) is 3.62. The fraction of sp³-hybridized carbons (Fsp3) is 0.286. The number of benzene rings is 2. The molecule has 8 heteroatoms. The molecule has 8 nitrogen and oxygen atoms in total. The Balaban J connectivity index is 1.87. The van der Waals surface area contributed by atoms with Gasteiger partial charge in [-0.15, -0.1) is 0 Å². The van der Waals surface area contributed by atoms with Crippen LogP contribution in [0.5, 0.6) is 5.75 Å². The topological polar surface area (TPSA) is 121 Å². The highest BCUT2D eigenvalue weighted by molar-refractivity contribution is 5.54. The lowest BCUT2D eigenvalue weighted by atomic mass is 9.84. The van der Waals surface area contributed by atoms with Crippen LogP contribution in [0.15, 0.2) is 53.1 Å². The Bertz CT molecular complexity index is 1060. The molecule has 0 amide bonds. The standard InChI is InChI=1S/C21H21N5O3/c1-21(2)19(27)18(15-10-13(11-22)8-9-16(15)28-21)26(14-6-4-3-5-7-14)12-17-24-20(23)25-29-17/h3-10,18-19,27H,12H2,1-2H3,(H2,23,25)/t18?,19-/m1/s1. The van der Waals surface area contributed by atoms with Crippen LogP contribution in [0.4, 0.5) is 11.6 Å². The van der Waals surface area contributed by atoms with Crippen LogP contribution in [0, 0.1) is 11.3 Å². The molecule has 0 fully saturated rings. The number of aliphatic hydroxyl groups is 1. The molecule has 1 aliphatic heterocycles. The van der Waals surface area contributed by atoms with E-state index in [1.165, 1.54) is 0 Å². The summed E-state index contributed by atoms with van der Waals surface area (Å²) in [6.07, 6.45) is -0.899. The summed E-state index contributed by atoms with van der Waals surface area (Å²) < 4.78 is 11.3. The van der Waals surface area contributed by atoms with Crippen molar-refractivity contribution in [2.75, 3.05) is 10.6 Å². The van der Waals surface area contributed by atoms with E-state index in [0.717, 1.165) is 5.69 Å². The summed E-state index contributed by atoms with van der Waals surface area (Å²) in [5, 5.41) is 24.3. The van der Waals surface area contributed by atoms with Gasteiger partial charge in [0.2, 0.25) is 5.89 Å². The van der Waals surface area contributed by atoms with Crippen LogP contribution in [0.3, 0.4) is 0 Å². The summed E-state index contributed by atoms with van der Waals surface area (Å²) >= 11 is 0. The van der Waals surface area contributed by atoms with Crippen LogP contribution in [0.25, 0.3) is 0 Å². The number of anilines is 2. The second kappa shape index (κ2) is 7.11. The molecule has 0 saturated heterocycles. The van der Waals surface area contributed by atoms with Crippen molar-refractivity contribution in [3.8, 4) is 11.8 Å². The van der Waals surface area contributed by atoms with Crippen molar-refractivity contribution in [2.24, 2.45) is 0 Å². The first-order valence-electron chi connectivity index (χ1n) is 9.20. The Kier molecular flexibility index (Phi) is 4.60. The van der Waals surface area contributed by atoms with Crippen molar-refractivity contribution >= 4 is 11.6 Å². The quantitative estimate of drug-likeness (QED) is 0.696. The number of hydrogen-bond donors (Lipinski definition) is 2. The van der Waals surface area contributed by atoms with Gasteiger partial charge in [0.15, 0.2) is 0 Å². The summed E-state index contributed by atoms with van der Waals surface area (Å²) in [5.41, 5.74) is 6.81. The molecule has 0 bridgehead atoms. The molecule has 3 aromatic rings. The van der Waals surface area contributed by atoms with Crippen molar-refractivity contribution in [2.45, 2.75) is 38.1 Å². The number of nitrogen functional groups attached to an aromatic ring is 1. The number of aliphatic hydroxyl groups excluding tert-OH is 1. The normalized spacial score (nSPS) is 19.7. The molecule has 0 spiro atoms. The van der Waals surface area contributed by atoms with E-state index in [4.69, 9.17) is 15.0 Å². The molecular weight excluding hydrogens is 370 g/mol. The van der Waals surface area contributed by atoms with Crippen molar-refractivity contribution in [3.05, 3.63) is 65.5 Å². The van der Waals surface area contributed by atoms with Gasteiger partial charge in [0.05, 0.1) is 24.2 Å². The summed E-state index contributed by atoms with van der Waals surface area (Å²) in [6, 6.07) is 16.5. The molecule has 2 atom stereocenters. The van der Waals surface area contributed by atoms with Gasteiger partial charge in [-0.2, -0.15) is 10.2 Å². The monoisotopic (exact) mass is 391 g/mol. The number of para-hydroxylation sites is 1. The number of nitriles is 1. The average molecular weight is 391 g/mol. The molecule has 0 radical (unpaired) electrons. The Morgan fingerprint density at radius 1 is 1.24 bits per heavy atom. The molecule has 148 valence electrons. The lowest BCUT2D eigenvalue weighted by molar-refractivity contribution is -0.0592. The molecule has 4 rings (SSSR count). The van der Waals surface area contributed by atoms with E-state index >= 15 is 0 Å². The van der Waals surface area contributed by atoms with Gasteiger partial charge in [0.1, 0.15) is 17.5 Å². The van der Waals surface area contributed by atoms with E-state index in [1.807, 2.05) is 49.1 Å². The second-order valence-corrected chi connectivity index (χ2v) is 7.47. The number of aromatic nitrogens is 2. The van der Waals surface area contributed by atoms with E-state index in [1.54, 1.807) is 18.2 Å². The molecule has 29 heavy (non-hydrogen) atoms. The van der Waals surface area contributed by atoms with Crippen LogP contribution in [0.2, 0.25) is 0 Å². The van der Waals surface area contributed by atoms with Gasteiger partial charge in [-0.05, 0) is 49.3 Å². The number of ether oxygens (including phenoxy) is 1. The van der Waals surface area contributed by atoms with E-state index in [0.29, 0.717) is 22.8 Å². The Morgan fingerprint density at radius 3 is 2.66 bits per heavy atom. The first kappa shape index (κ1) is 18.8. The first-order valence-corrected chi connectivity index (χ1v) is 9.20. The van der Waals surface area contributed by atoms with Gasteiger partial charge in [-0.3, -0.25) is 0 Å². The minimum Gasteiger partial charge on any atom is -0.485 e. The van der Waals surface area contributed by atoms with E-state index in [2.05, 4.69) is 16.2 Å². The first-order chi connectivity index (χ1) is 13.9. The van der Waals surface area contributed by atoms with E-state index < -0.39 is 17.7 Å². The van der Waals surface area contributed by atoms with Crippen LogP contribution in [-0.2, 0) is 6.54 Å². The predicted molar refractivity (Wildman–Crippen MR) is 106 cm³/mol. The van der Waals surface area contributed by atoms with Gasteiger partial charge in [-0.1, -0.05) is 18.2 Å². The van der Waals surface area contributed by atoms with Crippen molar-refractivity contribution in [3.63, 3.8) is 0 Å². The van der Waals surface area contributed by atoms with Gasteiger partial charge in [0.25, 0.3) is 5.95 Å². The number of nitrogens with two attached hydrogens (primary N) is 1. The van der Waals surface area contributed by atoms with Crippen LogP contribution in [0.1, 0.15) is 36.9 Å². The third kappa shape index (κ3) is 3.48. The average Bonchev–Trinajstić information content (AvgIpc) is 3.13. The lowest BCUT2D eigenvalue weighted by Crippen LogP contribution is -2.53. The van der Waals surface area contributed by atoms with Gasteiger partial charge >= 0.3 is 0 Å². The predicted octanol–water partition coefficient (Wildman–Crippen LogP) is 2.80. The highest BCUT2D eigenvalue weighted by Gasteiger charge is 2.46.